The van der Waals surface area contributed by atoms with Gasteiger partial charge in [-0.2, -0.15) is 0 Å². The average molecular weight is 296 g/mol. The molecule has 2 heterocycles. The maximum absolute atomic E-state index is 13.1. The molecule has 4 heteroatoms. The van der Waals surface area contributed by atoms with Crippen LogP contribution in [0.3, 0.4) is 0 Å². The molecule has 0 spiro atoms. The summed E-state index contributed by atoms with van der Waals surface area (Å²) in [6, 6.07) is 10.0. The molecule has 0 saturated heterocycles. The maximum Gasteiger partial charge on any atom is 0.261 e. The Morgan fingerprint density at radius 1 is 1.18 bits per heavy atom. The van der Waals surface area contributed by atoms with Gasteiger partial charge in [0.15, 0.2) is 0 Å². The first-order valence-electron chi connectivity index (χ1n) is 7.90. The Kier molecular flexibility index (Phi) is 3.26. The molecule has 22 heavy (non-hydrogen) atoms. The summed E-state index contributed by atoms with van der Waals surface area (Å²) in [6.45, 7) is 2.46. The third-order valence-corrected chi connectivity index (χ3v) is 4.55. The fourth-order valence-corrected chi connectivity index (χ4v) is 3.18. The molecule has 114 valence electrons. The zero-order valence-corrected chi connectivity index (χ0v) is 12.8. The Hall–Kier alpha value is -2.07. The van der Waals surface area contributed by atoms with Gasteiger partial charge < -0.3 is 14.2 Å². The molecule has 1 amide bonds. The van der Waals surface area contributed by atoms with E-state index in [0.29, 0.717) is 12.5 Å². The van der Waals surface area contributed by atoms with E-state index < -0.39 is 0 Å². The molecule has 2 aromatic rings. The van der Waals surface area contributed by atoms with Crippen molar-refractivity contribution in [2.75, 3.05) is 25.0 Å². The van der Waals surface area contributed by atoms with Gasteiger partial charge in [0, 0.05) is 31.2 Å². The van der Waals surface area contributed by atoms with Gasteiger partial charge in [-0.3, -0.25) is 4.79 Å². The van der Waals surface area contributed by atoms with Crippen molar-refractivity contribution < 1.29 is 9.21 Å². The van der Waals surface area contributed by atoms with E-state index in [2.05, 4.69) is 18.0 Å². The summed E-state index contributed by atoms with van der Waals surface area (Å²) < 4.78 is 5.58. The zero-order valence-electron chi connectivity index (χ0n) is 12.8. The van der Waals surface area contributed by atoms with E-state index in [1.807, 2.05) is 29.2 Å². The molecule has 1 aromatic carbocycles. The molecule has 0 radical (unpaired) electrons. The van der Waals surface area contributed by atoms with E-state index in [0.717, 1.165) is 42.9 Å². The number of likely N-dealkylation sites (N-methyl/N-ethyl adjacent to an activating group) is 1. The number of amides is 1. The van der Waals surface area contributed by atoms with Crippen LogP contribution in [0.1, 0.15) is 40.4 Å². The van der Waals surface area contributed by atoms with Crippen molar-refractivity contribution in [3.8, 4) is 0 Å². The molecule has 0 atom stereocenters. The van der Waals surface area contributed by atoms with Gasteiger partial charge in [-0.15, -0.1) is 0 Å². The van der Waals surface area contributed by atoms with Crippen LogP contribution in [-0.4, -0.2) is 30.9 Å². The first kappa shape index (κ1) is 13.6. The SMILES string of the molecule is CN1CCN(C(=O)c2ccoc2C2CC2)c2ccccc2C1. The lowest BCUT2D eigenvalue weighted by atomic mass is 10.1. The topological polar surface area (TPSA) is 36.7 Å². The van der Waals surface area contributed by atoms with Crippen LogP contribution in [0.15, 0.2) is 41.0 Å². The average Bonchev–Trinajstić information content (AvgIpc) is 3.28. The largest absolute Gasteiger partial charge is 0.468 e. The van der Waals surface area contributed by atoms with Crippen LogP contribution in [0.2, 0.25) is 0 Å². The molecule has 1 saturated carbocycles. The quantitative estimate of drug-likeness (QED) is 0.853. The summed E-state index contributed by atoms with van der Waals surface area (Å²) in [6.07, 6.45) is 3.91. The van der Waals surface area contributed by atoms with Crippen molar-refractivity contribution >= 4 is 11.6 Å². The third-order valence-electron chi connectivity index (χ3n) is 4.55. The molecule has 1 aliphatic heterocycles. The van der Waals surface area contributed by atoms with E-state index in [1.54, 1.807) is 6.26 Å². The highest BCUT2D eigenvalue weighted by molar-refractivity contribution is 6.07. The van der Waals surface area contributed by atoms with Crippen LogP contribution in [0.5, 0.6) is 0 Å². The summed E-state index contributed by atoms with van der Waals surface area (Å²) in [5, 5.41) is 0. The molecule has 1 aliphatic carbocycles. The van der Waals surface area contributed by atoms with Crippen LogP contribution >= 0.6 is 0 Å². The minimum Gasteiger partial charge on any atom is -0.468 e. The van der Waals surface area contributed by atoms with Crippen LogP contribution in [-0.2, 0) is 6.54 Å². The van der Waals surface area contributed by atoms with Gasteiger partial charge in [0.1, 0.15) is 5.76 Å². The fourth-order valence-electron chi connectivity index (χ4n) is 3.18. The Morgan fingerprint density at radius 3 is 2.82 bits per heavy atom. The minimum absolute atomic E-state index is 0.0680. The van der Waals surface area contributed by atoms with Crippen molar-refractivity contribution in [3.63, 3.8) is 0 Å². The number of carbonyl (C=O) groups is 1. The van der Waals surface area contributed by atoms with E-state index in [1.165, 1.54) is 5.56 Å². The van der Waals surface area contributed by atoms with Gasteiger partial charge in [0.05, 0.1) is 11.8 Å². The van der Waals surface area contributed by atoms with Crippen LogP contribution in [0.25, 0.3) is 0 Å². The van der Waals surface area contributed by atoms with Gasteiger partial charge in [0.2, 0.25) is 0 Å². The number of carbonyl (C=O) groups excluding carboxylic acids is 1. The normalized spacial score (nSPS) is 18.9. The minimum atomic E-state index is 0.0680. The predicted octanol–water partition coefficient (Wildman–Crippen LogP) is 3.25. The second kappa shape index (κ2) is 5.29. The first-order chi connectivity index (χ1) is 10.7. The third kappa shape index (κ3) is 2.33. The highest BCUT2D eigenvalue weighted by Gasteiger charge is 2.33. The van der Waals surface area contributed by atoms with Gasteiger partial charge in [-0.25, -0.2) is 0 Å². The van der Waals surface area contributed by atoms with E-state index in [4.69, 9.17) is 4.42 Å². The summed E-state index contributed by atoms with van der Waals surface area (Å²) in [4.78, 5) is 17.2. The highest BCUT2D eigenvalue weighted by Crippen LogP contribution is 2.42. The summed E-state index contributed by atoms with van der Waals surface area (Å²) in [5.74, 6) is 1.39. The number of para-hydroxylation sites is 1. The lowest BCUT2D eigenvalue weighted by molar-refractivity contribution is 0.0984. The number of hydrogen-bond donors (Lipinski definition) is 0. The van der Waals surface area contributed by atoms with Crippen molar-refractivity contribution in [2.45, 2.75) is 25.3 Å². The van der Waals surface area contributed by atoms with E-state index in [-0.39, 0.29) is 5.91 Å². The number of rotatable bonds is 2. The Balaban J connectivity index is 1.72. The Labute approximate surface area is 130 Å². The molecule has 4 nitrogen and oxygen atoms in total. The summed E-state index contributed by atoms with van der Waals surface area (Å²) in [5.41, 5.74) is 2.97. The monoisotopic (exact) mass is 296 g/mol. The van der Waals surface area contributed by atoms with Crippen molar-refractivity contribution in [1.29, 1.82) is 0 Å². The molecule has 0 unspecified atom stereocenters. The smallest absolute Gasteiger partial charge is 0.261 e. The Morgan fingerprint density at radius 2 is 2.00 bits per heavy atom. The van der Waals surface area contributed by atoms with Crippen molar-refractivity contribution in [2.24, 2.45) is 0 Å². The summed E-state index contributed by atoms with van der Waals surface area (Å²) in [7, 11) is 2.10. The zero-order chi connectivity index (χ0) is 15.1. The number of nitrogens with zero attached hydrogens (tertiary/aromatic N) is 2. The molecular formula is C18H20N2O2. The first-order valence-corrected chi connectivity index (χ1v) is 7.90. The lowest BCUT2D eigenvalue weighted by Gasteiger charge is -2.22. The number of furan rings is 1. The Bertz CT molecular complexity index is 703. The molecule has 1 aromatic heterocycles. The van der Waals surface area contributed by atoms with Gasteiger partial charge in [-0.1, -0.05) is 18.2 Å². The predicted molar refractivity (Wildman–Crippen MR) is 85.1 cm³/mol. The molecule has 0 bridgehead atoms. The van der Waals surface area contributed by atoms with E-state index in [9.17, 15) is 4.79 Å². The standard InChI is InChI=1S/C18H20N2O2/c1-19-9-10-20(16-5-3-2-4-14(16)12-19)18(21)15-8-11-22-17(15)13-6-7-13/h2-5,8,11,13H,6-7,9-10,12H2,1H3. The van der Waals surface area contributed by atoms with Crippen molar-refractivity contribution in [1.82, 2.24) is 4.90 Å². The second-order valence-corrected chi connectivity index (χ2v) is 6.30. The summed E-state index contributed by atoms with van der Waals surface area (Å²) >= 11 is 0. The van der Waals surface area contributed by atoms with Gasteiger partial charge in [-0.05, 0) is 37.6 Å². The van der Waals surface area contributed by atoms with Crippen LogP contribution < -0.4 is 4.90 Å². The lowest BCUT2D eigenvalue weighted by Crippen LogP contribution is -2.35. The van der Waals surface area contributed by atoms with E-state index >= 15 is 0 Å². The van der Waals surface area contributed by atoms with Gasteiger partial charge >= 0.3 is 0 Å². The highest BCUT2D eigenvalue weighted by atomic mass is 16.3. The van der Waals surface area contributed by atoms with Crippen LogP contribution in [0.4, 0.5) is 5.69 Å². The second-order valence-electron chi connectivity index (χ2n) is 6.30. The van der Waals surface area contributed by atoms with Gasteiger partial charge in [0.25, 0.3) is 5.91 Å². The number of anilines is 1. The van der Waals surface area contributed by atoms with Crippen LogP contribution in [0, 0.1) is 0 Å². The molecule has 1 fully saturated rings. The van der Waals surface area contributed by atoms with Crippen molar-refractivity contribution in [3.05, 3.63) is 53.5 Å². The molecular weight excluding hydrogens is 276 g/mol. The number of benzene rings is 1. The molecule has 4 rings (SSSR count). The maximum atomic E-state index is 13.1. The number of hydrogen-bond acceptors (Lipinski definition) is 3. The molecule has 0 N–H and O–H groups in total. The molecule has 2 aliphatic rings. The number of fused-ring (bicyclic) bond motifs is 1. The fraction of sp³-hybridized carbons (Fsp3) is 0.389.